The van der Waals surface area contributed by atoms with E-state index in [0.29, 0.717) is 15.6 Å². The van der Waals surface area contributed by atoms with Crippen molar-refractivity contribution in [1.82, 2.24) is 15.3 Å². The largest absolute Gasteiger partial charge is 0.356 e. The third-order valence-electron chi connectivity index (χ3n) is 4.79. The lowest BCUT2D eigenvalue weighted by atomic mass is 10.0. The van der Waals surface area contributed by atoms with E-state index in [0.717, 1.165) is 42.7 Å². The van der Waals surface area contributed by atoms with Gasteiger partial charge in [0, 0.05) is 40.1 Å². The van der Waals surface area contributed by atoms with Crippen LogP contribution in [0.4, 0.5) is 5.82 Å². The number of halogens is 2. The summed E-state index contributed by atoms with van der Waals surface area (Å²) in [5.41, 5.74) is 1.42. The number of carbonyl (C=O) groups is 1. The van der Waals surface area contributed by atoms with Crippen molar-refractivity contribution in [2.24, 2.45) is 0 Å². The fourth-order valence-corrected chi connectivity index (χ4v) is 3.76. The molecule has 1 fully saturated rings. The average molecular weight is 401 g/mol. The van der Waals surface area contributed by atoms with Crippen molar-refractivity contribution >= 4 is 45.8 Å². The van der Waals surface area contributed by atoms with Crippen molar-refractivity contribution in [3.63, 3.8) is 0 Å². The van der Waals surface area contributed by atoms with Gasteiger partial charge >= 0.3 is 0 Å². The quantitative estimate of drug-likeness (QED) is 0.710. The lowest BCUT2D eigenvalue weighted by Crippen LogP contribution is -2.45. The summed E-state index contributed by atoms with van der Waals surface area (Å²) >= 11 is 12.0. The zero-order valence-electron chi connectivity index (χ0n) is 14.5. The van der Waals surface area contributed by atoms with E-state index in [9.17, 15) is 4.79 Å². The Bertz CT molecular complexity index is 987. The molecule has 4 rings (SSSR count). The summed E-state index contributed by atoms with van der Waals surface area (Å²) in [5, 5.41) is 5.32. The topological polar surface area (TPSA) is 58.1 Å². The van der Waals surface area contributed by atoms with Gasteiger partial charge in [0.15, 0.2) is 0 Å². The molecule has 1 aliphatic heterocycles. The Labute approximate surface area is 167 Å². The third kappa shape index (κ3) is 3.99. The summed E-state index contributed by atoms with van der Waals surface area (Å²) in [4.78, 5) is 23.4. The Hall–Kier alpha value is -2.37. The molecule has 7 heteroatoms. The Morgan fingerprint density at radius 3 is 2.59 bits per heavy atom. The van der Waals surface area contributed by atoms with E-state index >= 15 is 0 Å². The van der Waals surface area contributed by atoms with Crippen molar-refractivity contribution in [1.29, 1.82) is 0 Å². The van der Waals surface area contributed by atoms with Crippen molar-refractivity contribution in [3.05, 3.63) is 64.4 Å². The molecular formula is C20H18Cl2N4O. The standard InChI is InChI=1S/C20H18Cl2N4O/c21-14-3-1-2-13(10-14)20(27)25-16-6-8-26(9-7-16)19-17-5-4-15(22)11-18(17)23-12-24-19/h1-5,10-12,16H,6-9H2,(H,25,27). The SMILES string of the molecule is O=C(NC1CCN(c2ncnc3cc(Cl)ccc23)CC1)c1cccc(Cl)c1. The van der Waals surface area contributed by atoms with Crippen LogP contribution in [0.2, 0.25) is 10.0 Å². The predicted octanol–water partition coefficient (Wildman–Crippen LogP) is 4.34. The van der Waals surface area contributed by atoms with E-state index in [1.807, 2.05) is 18.2 Å². The van der Waals surface area contributed by atoms with Gasteiger partial charge in [-0.25, -0.2) is 9.97 Å². The van der Waals surface area contributed by atoms with Crippen molar-refractivity contribution in [2.45, 2.75) is 18.9 Å². The molecular weight excluding hydrogens is 383 g/mol. The molecule has 1 N–H and O–H groups in total. The minimum absolute atomic E-state index is 0.0851. The average Bonchev–Trinajstić information content (AvgIpc) is 2.68. The molecule has 1 saturated heterocycles. The Kier molecular flexibility index (Phi) is 5.14. The highest BCUT2D eigenvalue weighted by molar-refractivity contribution is 6.31. The van der Waals surface area contributed by atoms with Crippen molar-refractivity contribution < 1.29 is 4.79 Å². The van der Waals surface area contributed by atoms with E-state index in [4.69, 9.17) is 23.2 Å². The number of aromatic nitrogens is 2. The number of carbonyl (C=O) groups excluding carboxylic acids is 1. The molecule has 2 aromatic carbocycles. The lowest BCUT2D eigenvalue weighted by molar-refractivity contribution is 0.0931. The van der Waals surface area contributed by atoms with Gasteiger partial charge in [0.1, 0.15) is 12.1 Å². The lowest BCUT2D eigenvalue weighted by Gasteiger charge is -2.33. The third-order valence-corrected chi connectivity index (χ3v) is 5.26. The predicted molar refractivity (Wildman–Crippen MR) is 109 cm³/mol. The Morgan fingerprint density at radius 2 is 1.81 bits per heavy atom. The van der Waals surface area contributed by atoms with Gasteiger partial charge in [-0.05, 0) is 49.2 Å². The van der Waals surface area contributed by atoms with Crippen molar-refractivity contribution in [2.75, 3.05) is 18.0 Å². The van der Waals surface area contributed by atoms with Crippen LogP contribution in [0.3, 0.4) is 0 Å². The number of hydrogen-bond donors (Lipinski definition) is 1. The van der Waals surface area contributed by atoms with Crippen LogP contribution in [0.15, 0.2) is 48.8 Å². The molecule has 2 heterocycles. The molecule has 1 aliphatic rings. The second kappa shape index (κ2) is 7.71. The van der Waals surface area contributed by atoms with Crippen LogP contribution >= 0.6 is 23.2 Å². The second-order valence-electron chi connectivity index (χ2n) is 6.60. The van der Waals surface area contributed by atoms with Crippen LogP contribution in [0.1, 0.15) is 23.2 Å². The minimum Gasteiger partial charge on any atom is -0.356 e. The molecule has 0 unspecified atom stereocenters. The first kappa shape index (κ1) is 18.0. The molecule has 3 aromatic rings. The van der Waals surface area contributed by atoms with Crippen LogP contribution in [-0.4, -0.2) is 35.0 Å². The Morgan fingerprint density at radius 1 is 1.04 bits per heavy atom. The smallest absolute Gasteiger partial charge is 0.251 e. The maximum atomic E-state index is 12.4. The molecule has 27 heavy (non-hydrogen) atoms. The maximum Gasteiger partial charge on any atom is 0.251 e. The van der Waals surface area contributed by atoms with Crippen LogP contribution in [0, 0.1) is 0 Å². The van der Waals surface area contributed by atoms with Crippen LogP contribution in [0.5, 0.6) is 0 Å². The van der Waals surface area contributed by atoms with E-state index in [1.165, 1.54) is 0 Å². The number of nitrogens with zero attached hydrogens (tertiary/aromatic N) is 3. The number of nitrogens with one attached hydrogen (secondary N) is 1. The number of hydrogen-bond acceptors (Lipinski definition) is 4. The maximum absolute atomic E-state index is 12.4. The molecule has 1 amide bonds. The van der Waals surface area contributed by atoms with Gasteiger partial charge in [-0.2, -0.15) is 0 Å². The molecule has 0 saturated carbocycles. The summed E-state index contributed by atoms with van der Waals surface area (Å²) in [7, 11) is 0. The van der Waals surface area contributed by atoms with E-state index < -0.39 is 0 Å². The molecule has 1 aromatic heterocycles. The van der Waals surface area contributed by atoms with Crippen molar-refractivity contribution in [3.8, 4) is 0 Å². The first-order valence-electron chi connectivity index (χ1n) is 8.82. The van der Waals surface area contributed by atoms with Gasteiger partial charge in [-0.3, -0.25) is 4.79 Å². The first-order valence-corrected chi connectivity index (χ1v) is 9.57. The molecule has 0 spiro atoms. The second-order valence-corrected chi connectivity index (χ2v) is 7.48. The number of anilines is 1. The van der Waals surface area contributed by atoms with Crippen LogP contribution in [-0.2, 0) is 0 Å². The number of benzene rings is 2. The van der Waals surface area contributed by atoms with Gasteiger partial charge in [0.2, 0.25) is 0 Å². The summed E-state index contributed by atoms with van der Waals surface area (Å²) in [6, 6.07) is 12.8. The summed E-state index contributed by atoms with van der Waals surface area (Å²) in [6.45, 7) is 1.63. The fraction of sp³-hybridized carbons (Fsp3) is 0.250. The zero-order valence-corrected chi connectivity index (χ0v) is 16.0. The van der Waals surface area contributed by atoms with Gasteiger partial charge in [-0.1, -0.05) is 29.3 Å². The van der Waals surface area contributed by atoms with Crippen LogP contribution < -0.4 is 10.2 Å². The molecule has 138 valence electrons. The first-order chi connectivity index (χ1) is 13.1. The molecule has 5 nitrogen and oxygen atoms in total. The highest BCUT2D eigenvalue weighted by Gasteiger charge is 2.23. The Balaban J connectivity index is 1.43. The van der Waals surface area contributed by atoms with E-state index in [2.05, 4.69) is 20.2 Å². The number of fused-ring (bicyclic) bond motifs is 1. The summed E-state index contributed by atoms with van der Waals surface area (Å²) < 4.78 is 0. The summed E-state index contributed by atoms with van der Waals surface area (Å²) in [5.74, 6) is 0.828. The minimum atomic E-state index is -0.0851. The normalized spacial score (nSPS) is 15.1. The highest BCUT2D eigenvalue weighted by atomic mass is 35.5. The fourth-order valence-electron chi connectivity index (χ4n) is 3.40. The summed E-state index contributed by atoms with van der Waals surface area (Å²) in [6.07, 6.45) is 3.28. The van der Waals surface area contributed by atoms with Crippen LogP contribution in [0.25, 0.3) is 10.9 Å². The van der Waals surface area contributed by atoms with Gasteiger partial charge < -0.3 is 10.2 Å². The molecule has 0 atom stereocenters. The molecule has 0 radical (unpaired) electrons. The van der Waals surface area contributed by atoms with Gasteiger partial charge in [0.05, 0.1) is 5.52 Å². The molecule has 0 bridgehead atoms. The number of amides is 1. The van der Waals surface area contributed by atoms with E-state index in [1.54, 1.807) is 30.6 Å². The monoisotopic (exact) mass is 400 g/mol. The highest BCUT2D eigenvalue weighted by Crippen LogP contribution is 2.27. The zero-order chi connectivity index (χ0) is 18.8. The van der Waals surface area contributed by atoms with E-state index in [-0.39, 0.29) is 11.9 Å². The molecule has 0 aliphatic carbocycles. The van der Waals surface area contributed by atoms with Gasteiger partial charge in [-0.15, -0.1) is 0 Å². The number of piperidine rings is 1. The number of rotatable bonds is 3. The van der Waals surface area contributed by atoms with Gasteiger partial charge in [0.25, 0.3) is 5.91 Å².